The summed E-state index contributed by atoms with van der Waals surface area (Å²) in [6, 6.07) is 24.6. The van der Waals surface area contributed by atoms with Crippen molar-refractivity contribution in [2.24, 2.45) is 0 Å². The molecule has 0 aliphatic heterocycles. The maximum Gasteiger partial charge on any atom is 0.407 e. The summed E-state index contributed by atoms with van der Waals surface area (Å²) in [6.07, 6.45) is -0.484. The van der Waals surface area contributed by atoms with Crippen molar-refractivity contribution < 1.29 is 19.1 Å². The van der Waals surface area contributed by atoms with E-state index in [0.29, 0.717) is 18.7 Å². The van der Waals surface area contributed by atoms with Crippen molar-refractivity contribution in [1.82, 2.24) is 10.6 Å². The molecular weight excluding hydrogens is 416 g/mol. The van der Waals surface area contributed by atoms with Crippen molar-refractivity contribution in [3.05, 3.63) is 90.0 Å². The number of amides is 2. The number of hydrogen-bond donors (Lipinski definition) is 2. The van der Waals surface area contributed by atoms with E-state index >= 15 is 0 Å². The van der Waals surface area contributed by atoms with Crippen molar-refractivity contribution in [2.45, 2.75) is 32.9 Å². The number of carbonyl (C=O) groups is 2. The van der Waals surface area contributed by atoms with Crippen LogP contribution in [-0.2, 0) is 11.3 Å². The number of hydrogen-bond acceptors (Lipinski definition) is 4. The predicted octanol–water partition coefficient (Wildman–Crippen LogP) is 5.19. The maximum atomic E-state index is 12.9. The van der Waals surface area contributed by atoms with E-state index in [9.17, 15) is 9.59 Å². The summed E-state index contributed by atoms with van der Waals surface area (Å²) in [5.41, 5.74) is 2.54. The Kier molecular flexibility index (Phi) is 8.08. The second-order valence-electron chi connectivity index (χ2n) is 8.48. The number of rotatable bonds is 8. The van der Waals surface area contributed by atoms with Gasteiger partial charge in [0.05, 0.1) is 6.54 Å². The molecule has 0 spiro atoms. The molecule has 6 nitrogen and oxygen atoms in total. The van der Waals surface area contributed by atoms with Gasteiger partial charge in [-0.2, -0.15) is 0 Å². The van der Waals surface area contributed by atoms with Crippen LogP contribution in [0.1, 0.15) is 36.7 Å². The minimum atomic E-state index is -0.571. The summed E-state index contributed by atoms with van der Waals surface area (Å²) < 4.78 is 11.0. The summed E-state index contributed by atoms with van der Waals surface area (Å²) in [5.74, 6) is 0.579. The van der Waals surface area contributed by atoms with E-state index in [1.165, 1.54) is 0 Å². The molecule has 6 heteroatoms. The van der Waals surface area contributed by atoms with E-state index in [1.807, 2.05) is 93.6 Å². The smallest absolute Gasteiger partial charge is 0.407 e. The lowest BCUT2D eigenvalue weighted by Crippen LogP contribution is -2.32. The average Bonchev–Trinajstić information content (AvgIpc) is 2.80. The number of para-hydroxylation sites is 1. The molecule has 0 fully saturated rings. The molecule has 0 unspecified atom stereocenters. The van der Waals surface area contributed by atoms with Crippen molar-refractivity contribution in [2.75, 3.05) is 13.2 Å². The van der Waals surface area contributed by atoms with Crippen molar-refractivity contribution in [3.8, 4) is 16.9 Å². The fourth-order valence-electron chi connectivity index (χ4n) is 3.28. The Morgan fingerprint density at radius 1 is 0.788 bits per heavy atom. The molecule has 0 saturated carbocycles. The molecule has 0 heterocycles. The van der Waals surface area contributed by atoms with Crippen molar-refractivity contribution in [3.63, 3.8) is 0 Å². The molecule has 2 N–H and O–H groups in total. The lowest BCUT2D eigenvalue weighted by Gasteiger charge is -2.20. The molecule has 3 rings (SSSR count). The Balaban J connectivity index is 1.68. The first-order valence-corrected chi connectivity index (χ1v) is 10.9. The zero-order valence-electron chi connectivity index (χ0n) is 19.3. The van der Waals surface area contributed by atoms with Crippen LogP contribution in [0.4, 0.5) is 4.79 Å². The third-order valence-corrected chi connectivity index (χ3v) is 4.70. The monoisotopic (exact) mass is 446 g/mol. The number of alkyl carbamates (subject to hydrolysis) is 1. The number of benzene rings is 3. The van der Waals surface area contributed by atoms with E-state index in [0.717, 1.165) is 22.4 Å². The topological polar surface area (TPSA) is 76.7 Å². The summed E-state index contributed by atoms with van der Waals surface area (Å²) in [7, 11) is 0. The van der Waals surface area contributed by atoms with Crippen molar-refractivity contribution >= 4 is 12.0 Å². The van der Waals surface area contributed by atoms with Gasteiger partial charge in [0, 0.05) is 12.1 Å². The molecule has 0 radical (unpaired) electrons. The van der Waals surface area contributed by atoms with Gasteiger partial charge >= 0.3 is 6.09 Å². The number of ether oxygens (including phenoxy) is 2. The molecule has 0 aliphatic carbocycles. The van der Waals surface area contributed by atoms with E-state index in [-0.39, 0.29) is 12.5 Å². The fraction of sp³-hybridized carbons (Fsp3) is 0.259. The zero-order valence-corrected chi connectivity index (χ0v) is 19.3. The highest BCUT2D eigenvalue weighted by atomic mass is 16.6. The maximum absolute atomic E-state index is 12.9. The molecule has 0 bridgehead atoms. The first-order chi connectivity index (χ1) is 15.8. The summed E-state index contributed by atoms with van der Waals surface area (Å²) in [6.45, 7) is 6.49. The molecule has 172 valence electrons. The molecule has 3 aromatic rings. The van der Waals surface area contributed by atoms with Crippen molar-refractivity contribution in [1.29, 1.82) is 0 Å². The van der Waals surface area contributed by atoms with Gasteiger partial charge in [-0.15, -0.1) is 0 Å². The van der Waals surface area contributed by atoms with Crippen LogP contribution in [0.2, 0.25) is 0 Å². The van der Waals surface area contributed by atoms with Gasteiger partial charge < -0.3 is 20.1 Å². The van der Waals surface area contributed by atoms with Gasteiger partial charge in [-0.3, -0.25) is 4.79 Å². The van der Waals surface area contributed by atoms with Crippen LogP contribution in [0.5, 0.6) is 5.75 Å². The third-order valence-electron chi connectivity index (χ3n) is 4.70. The lowest BCUT2D eigenvalue weighted by atomic mass is 9.95. The quantitative estimate of drug-likeness (QED) is 0.467. The average molecular weight is 447 g/mol. The highest BCUT2D eigenvalue weighted by Crippen LogP contribution is 2.27. The Morgan fingerprint density at radius 2 is 1.42 bits per heavy atom. The van der Waals surface area contributed by atoms with Crippen LogP contribution < -0.4 is 15.4 Å². The molecular formula is C27H30N2O4. The van der Waals surface area contributed by atoms with Gasteiger partial charge in [0.2, 0.25) is 0 Å². The molecule has 0 saturated heterocycles. The van der Waals surface area contributed by atoms with Gasteiger partial charge in [-0.1, -0.05) is 60.7 Å². The summed E-state index contributed by atoms with van der Waals surface area (Å²) in [5, 5.41) is 5.71. The summed E-state index contributed by atoms with van der Waals surface area (Å²) in [4.78, 5) is 25.0. The standard InChI is InChI=1S/C27H30N2O4/c1-27(2,3)33-26(31)29-19-20-11-7-8-14-22(20)23-15-9-10-16-24(23)25(30)28-17-18-32-21-12-5-4-6-13-21/h4-16H,17-19H2,1-3H3,(H,28,30)(H,29,31). The zero-order chi connectivity index (χ0) is 23.7. The van der Waals surface area contributed by atoms with E-state index < -0.39 is 11.7 Å². The van der Waals surface area contributed by atoms with Crippen LogP contribution in [0.25, 0.3) is 11.1 Å². The minimum absolute atomic E-state index is 0.183. The van der Waals surface area contributed by atoms with E-state index in [2.05, 4.69) is 10.6 Å². The first kappa shape index (κ1) is 23.9. The van der Waals surface area contributed by atoms with Crippen LogP contribution in [0.15, 0.2) is 78.9 Å². The molecule has 0 aromatic heterocycles. The third kappa shape index (κ3) is 7.38. The van der Waals surface area contributed by atoms with Crippen LogP contribution in [0.3, 0.4) is 0 Å². The second kappa shape index (κ2) is 11.2. The van der Waals surface area contributed by atoms with Gasteiger partial charge in [-0.25, -0.2) is 4.79 Å². The Bertz CT molecular complexity index is 1070. The van der Waals surface area contributed by atoms with Gasteiger partial charge in [0.1, 0.15) is 18.0 Å². The Labute approximate surface area is 194 Å². The lowest BCUT2D eigenvalue weighted by molar-refractivity contribution is 0.0523. The second-order valence-corrected chi connectivity index (χ2v) is 8.48. The molecule has 0 atom stereocenters. The van der Waals surface area contributed by atoms with E-state index in [1.54, 1.807) is 6.07 Å². The number of carbonyl (C=O) groups excluding carboxylic acids is 2. The van der Waals surface area contributed by atoms with Gasteiger partial charge in [0.15, 0.2) is 0 Å². The highest BCUT2D eigenvalue weighted by Gasteiger charge is 2.18. The normalized spacial score (nSPS) is 10.9. The van der Waals surface area contributed by atoms with Crippen LogP contribution >= 0.6 is 0 Å². The van der Waals surface area contributed by atoms with E-state index in [4.69, 9.17) is 9.47 Å². The largest absolute Gasteiger partial charge is 0.492 e. The Morgan fingerprint density at radius 3 is 2.15 bits per heavy atom. The molecule has 3 aromatic carbocycles. The predicted molar refractivity (Wildman–Crippen MR) is 129 cm³/mol. The van der Waals surface area contributed by atoms with Crippen LogP contribution in [-0.4, -0.2) is 30.8 Å². The molecule has 2 amide bonds. The number of nitrogens with one attached hydrogen (secondary N) is 2. The molecule has 33 heavy (non-hydrogen) atoms. The summed E-state index contributed by atoms with van der Waals surface area (Å²) >= 11 is 0. The fourth-order valence-corrected chi connectivity index (χ4v) is 3.28. The molecule has 0 aliphatic rings. The Hall–Kier alpha value is -3.80. The SMILES string of the molecule is CC(C)(C)OC(=O)NCc1ccccc1-c1ccccc1C(=O)NCCOc1ccccc1. The van der Waals surface area contributed by atoms with Crippen LogP contribution in [0, 0.1) is 0 Å². The van der Waals surface area contributed by atoms with Gasteiger partial charge in [0.25, 0.3) is 5.91 Å². The highest BCUT2D eigenvalue weighted by molar-refractivity contribution is 6.01. The minimum Gasteiger partial charge on any atom is -0.492 e. The van der Waals surface area contributed by atoms with Gasteiger partial charge in [-0.05, 0) is 55.7 Å². The first-order valence-electron chi connectivity index (χ1n) is 10.9.